The van der Waals surface area contributed by atoms with Gasteiger partial charge in [0.15, 0.2) is 0 Å². The molecule has 3 amide bonds. The third-order valence-electron chi connectivity index (χ3n) is 4.06. The number of hydrogen-bond donors (Lipinski definition) is 3. The zero-order valence-corrected chi connectivity index (χ0v) is 12.2. The van der Waals surface area contributed by atoms with Crippen LogP contribution in [0.1, 0.15) is 44.2 Å². The third kappa shape index (κ3) is 3.74. The average molecular weight is 287 g/mol. The quantitative estimate of drug-likeness (QED) is 0.779. The molecule has 0 aromatic heterocycles. The summed E-state index contributed by atoms with van der Waals surface area (Å²) in [6.07, 6.45) is 4.25. The van der Waals surface area contributed by atoms with Gasteiger partial charge in [-0.15, -0.1) is 0 Å². The summed E-state index contributed by atoms with van der Waals surface area (Å²) in [4.78, 5) is 22.7. The number of rotatable bonds is 5. The highest BCUT2D eigenvalue weighted by molar-refractivity contribution is 5.97. The maximum absolute atomic E-state index is 11.4. The van der Waals surface area contributed by atoms with Crippen molar-refractivity contribution in [1.82, 2.24) is 10.6 Å². The normalized spacial score (nSPS) is 23.2. The summed E-state index contributed by atoms with van der Waals surface area (Å²) in [5, 5.41) is 8.50. The molecule has 5 nitrogen and oxygen atoms in total. The zero-order valence-electron chi connectivity index (χ0n) is 12.2. The lowest BCUT2D eigenvalue weighted by molar-refractivity contribution is -0.121. The fraction of sp³-hybridized carbons (Fsp3) is 0.500. The lowest BCUT2D eigenvalue weighted by Gasteiger charge is -2.23. The van der Waals surface area contributed by atoms with E-state index in [4.69, 9.17) is 0 Å². The van der Waals surface area contributed by atoms with Crippen LogP contribution in [-0.2, 0) is 4.79 Å². The molecule has 2 unspecified atom stereocenters. The van der Waals surface area contributed by atoms with Crippen molar-refractivity contribution in [3.05, 3.63) is 29.8 Å². The van der Waals surface area contributed by atoms with Gasteiger partial charge in [0.2, 0.25) is 5.91 Å². The predicted octanol–water partition coefficient (Wildman–Crippen LogP) is 2.56. The Hall–Kier alpha value is -2.04. The largest absolute Gasteiger partial charge is 0.383 e. The molecule has 5 heteroatoms. The first-order valence-electron chi connectivity index (χ1n) is 7.57. The molecule has 0 bridgehead atoms. The van der Waals surface area contributed by atoms with E-state index in [1.807, 2.05) is 24.3 Å². The second-order valence-corrected chi connectivity index (χ2v) is 6.12. The van der Waals surface area contributed by atoms with Gasteiger partial charge in [-0.25, -0.2) is 4.79 Å². The van der Waals surface area contributed by atoms with Crippen LogP contribution in [0.5, 0.6) is 0 Å². The molecule has 2 fully saturated rings. The number of anilines is 1. The maximum atomic E-state index is 11.4. The summed E-state index contributed by atoms with van der Waals surface area (Å²) < 4.78 is 0. The van der Waals surface area contributed by atoms with Crippen LogP contribution in [-0.4, -0.2) is 18.0 Å². The van der Waals surface area contributed by atoms with Crippen LogP contribution in [0.3, 0.4) is 0 Å². The minimum atomic E-state index is -0.420. The molecule has 112 valence electrons. The first-order chi connectivity index (χ1) is 10.1. The van der Waals surface area contributed by atoms with Crippen LogP contribution in [0.25, 0.3) is 0 Å². The molecule has 1 aliphatic heterocycles. The molecule has 1 heterocycles. The van der Waals surface area contributed by atoms with E-state index in [0.717, 1.165) is 17.2 Å². The molecular formula is C16H21N3O2. The van der Waals surface area contributed by atoms with E-state index in [2.05, 4.69) is 22.9 Å². The van der Waals surface area contributed by atoms with Gasteiger partial charge in [0.25, 0.3) is 0 Å². The second kappa shape index (κ2) is 5.76. The van der Waals surface area contributed by atoms with Gasteiger partial charge in [-0.3, -0.25) is 10.1 Å². The molecule has 1 saturated heterocycles. The van der Waals surface area contributed by atoms with Crippen LogP contribution in [0.2, 0.25) is 0 Å². The van der Waals surface area contributed by atoms with Gasteiger partial charge < -0.3 is 10.6 Å². The standard InChI is InChI=1S/C16H21N3O2/c1-10(8-11-2-3-11)17-13-6-4-12(5-7-13)14-9-15(20)19-16(21)18-14/h4-7,10-11,14,17H,2-3,8-9H2,1H3,(H2,18,19,20,21). The van der Waals surface area contributed by atoms with Crippen molar-refractivity contribution >= 4 is 17.6 Å². The van der Waals surface area contributed by atoms with Gasteiger partial charge >= 0.3 is 6.03 Å². The van der Waals surface area contributed by atoms with Crippen molar-refractivity contribution in [2.45, 2.75) is 44.7 Å². The van der Waals surface area contributed by atoms with E-state index in [1.54, 1.807) is 0 Å². The first-order valence-corrected chi connectivity index (χ1v) is 7.57. The Morgan fingerprint density at radius 3 is 2.57 bits per heavy atom. The van der Waals surface area contributed by atoms with Crippen LogP contribution in [0.4, 0.5) is 10.5 Å². The Bertz CT molecular complexity index is 521. The Kier molecular flexibility index (Phi) is 3.82. The molecule has 2 atom stereocenters. The van der Waals surface area contributed by atoms with E-state index in [9.17, 15) is 9.59 Å². The Morgan fingerprint density at radius 2 is 1.95 bits per heavy atom. The Morgan fingerprint density at radius 1 is 1.24 bits per heavy atom. The zero-order chi connectivity index (χ0) is 14.8. The summed E-state index contributed by atoms with van der Waals surface area (Å²) in [6.45, 7) is 2.21. The molecule has 0 radical (unpaired) electrons. The Labute approximate surface area is 124 Å². The highest BCUT2D eigenvalue weighted by Crippen LogP contribution is 2.34. The molecule has 21 heavy (non-hydrogen) atoms. The number of amides is 3. The fourth-order valence-electron chi connectivity index (χ4n) is 2.82. The van der Waals surface area contributed by atoms with Crippen LogP contribution in [0.15, 0.2) is 24.3 Å². The van der Waals surface area contributed by atoms with Crippen LogP contribution >= 0.6 is 0 Å². The fourth-order valence-corrected chi connectivity index (χ4v) is 2.82. The lowest BCUT2D eigenvalue weighted by atomic mass is 10.0. The molecule has 1 aromatic rings. The predicted molar refractivity (Wildman–Crippen MR) is 80.9 cm³/mol. The van der Waals surface area contributed by atoms with Crippen molar-refractivity contribution in [3.8, 4) is 0 Å². The van der Waals surface area contributed by atoms with Crippen molar-refractivity contribution in [2.75, 3.05) is 5.32 Å². The van der Waals surface area contributed by atoms with Crippen molar-refractivity contribution < 1.29 is 9.59 Å². The minimum absolute atomic E-state index is 0.232. The van der Waals surface area contributed by atoms with Gasteiger partial charge in [-0.05, 0) is 37.0 Å². The van der Waals surface area contributed by atoms with Gasteiger partial charge in [0, 0.05) is 11.7 Å². The number of imide groups is 1. The minimum Gasteiger partial charge on any atom is -0.383 e. The number of carbonyl (C=O) groups excluding carboxylic acids is 2. The summed E-state index contributed by atoms with van der Waals surface area (Å²) in [6, 6.07) is 7.78. The lowest BCUT2D eigenvalue weighted by Crippen LogP contribution is -2.48. The summed E-state index contributed by atoms with van der Waals surface area (Å²) in [7, 11) is 0. The number of urea groups is 1. The number of hydrogen-bond acceptors (Lipinski definition) is 3. The molecule has 3 N–H and O–H groups in total. The summed E-state index contributed by atoms with van der Waals surface area (Å²) in [5.41, 5.74) is 2.04. The smallest absolute Gasteiger partial charge is 0.321 e. The van der Waals surface area contributed by atoms with Crippen molar-refractivity contribution in [2.24, 2.45) is 5.92 Å². The van der Waals surface area contributed by atoms with E-state index in [-0.39, 0.29) is 18.4 Å². The van der Waals surface area contributed by atoms with Crippen LogP contribution < -0.4 is 16.0 Å². The first kappa shape index (κ1) is 13.9. The average Bonchev–Trinajstić information content (AvgIpc) is 3.22. The van der Waals surface area contributed by atoms with Crippen molar-refractivity contribution in [3.63, 3.8) is 0 Å². The Balaban J connectivity index is 1.60. The number of carbonyl (C=O) groups is 2. The maximum Gasteiger partial charge on any atom is 0.321 e. The second-order valence-electron chi connectivity index (χ2n) is 6.12. The van der Waals surface area contributed by atoms with Gasteiger partial charge in [-0.2, -0.15) is 0 Å². The molecule has 0 spiro atoms. The number of benzene rings is 1. The van der Waals surface area contributed by atoms with Gasteiger partial charge in [0.05, 0.1) is 12.5 Å². The van der Waals surface area contributed by atoms with Gasteiger partial charge in [-0.1, -0.05) is 25.0 Å². The topological polar surface area (TPSA) is 70.2 Å². The van der Waals surface area contributed by atoms with E-state index in [0.29, 0.717) is 6.04 Å². The molecule has 2 aliphatic rings. The molecule has 1 saturated carbocycles. The highest BCUT2D eigenvalue weighted by atomic mass is 16.2. The SMILES string of the molecule is CC(CC1CC1)Nc1ccc(C2CC(=O)NC(=O)N2)cc1. The molecule has 1 aliphatic carbocycles. The molecule has 3 rings (SSSR count). The summed E-state index contributed by atoms with van der Waals surface area (Å²) in [5.74, 6) is 0.673. The molecular weight excluding hydrogens is 266 g/mol. The third-order valence-corrected chi connectivity index (χ3v) is 4.06. The molecule has 1 aromatic carbocycles. The summed E-state index contributed by atoms with van der Waals surface area (Å²) >= 11 is 0. The van der Waals surface area contributed by atoms with E-state index >= 15 is 0 Å². The van der Waals surface area contributed by atoms with Crippen molar-refractivity contribution in [1.29, 1.82) is 0 Å². The monoisotopic (exact) mass is 287 g/mol. The van der Waals surface area contributed by atoms with Crippen LogP contribution in [0, 0.1) is 5.92 Å². The van der Waals surface area contributed by atoms with Gasteiger partial charge in [0.1, 0.15) is 0 Å². The highest BCUT2D eigenvalue weighted by Gasteiger charge is 2.25. The van der Waals surface area contributed by atoms with E-state index < -0.39 is 6.03 Å². The number of nitrogens with one attached hydrogen (secondary N) is 3. The van der Waals surface area contributed by atoms with E-state index in [1.165, 1.54) is 19.3 Å².